The molecule has 3 N–H and O–H groups in total. The smallest absolute Gasteiger partial charge is 0.341 e. The molecule has 1 atom stereocenters. The predicted octanol–water partition coefficient (Wildman–Crippen LogP) is 1.83. The van der Waals surface area contributed by atoms with E-state index < -0.39 is 12.0 Å². The molecular formula is C12H18N2O3S. The number of esters is 1. The van der Waals surface area contributed by atoms with Crippen LogP contribution in [0, 0.1) is 13.8 Å². The zero-order valence-corrected chi connectivity index (χ0v) is 11.8. The van der Waals surface area contributed by atoms with Gasteiger partial charge in [0.2, 0.25) is 5.91 Å². The second-order valence-electron chi connectivity index (χ2n) is 3.99. The number of nitrogens with two attached hydrogens (primary N) is 1. The highest BCUT2D eigenvalue weighted by Crippen LogP contribution is 2.33. The van der Waals surface area contributed by atoms with E-state index in [1.165, 1.54) is 11.3 Å². The van der Waals surface area contributed by atoms with Gasteiger partial charge in [-0.05, 0) is 33.3 Å². The van der Waals surface area contributed by atoms with Gasteiger partial charge in [-0.15, -0.1) is 11.3 Å². The standard InChI is InChI=1S/C12H18N2O3S/c1-5-17-12(16)9-6(2)8(4)18-11(9)14-10(15)7(3)13/h7H,5,13H2,1-4H3,(H,14,15)/t7-/m1/s1. The number of nitrogens with one attached hydrogen (secondary N) is 1. The van der Waals surface area contributed by atoms with Gasteiger partial charge in [0, 0.05) is 4.88 Å². The van der Waals surface area contributed by atoms with Crippen LogP contribution >= 0.6 is 11.3 Å². The summed E-state index contributed by atoms with van der Waals surface area (Å²) in [5.41, 5.74) is 6.75. The maximum Gasteiger partial charge on any atom is 0.341 e. The summed E-state index contributed by atoms with van der Waals surface area (Å²) < 4.78 is 4.99. The summed E-state index contributed by atoms with van der Waals surface area (Å²) in [6, 6.07) is -0.622. The van der Waals surface area contributed by atoms with E-state index in [2.05, 4.69) is 5.32 Å². The summed E-state index contributed by atoms with van der Waals surface area (Å²) in [6.07, 6.45) is 0. The molecule has 0 spiro atoms. The third-order valence-corrected chi connectivity index (χ3v) is 3.64. The fourth-order valence-corrected chi connectivity index (χ4v) is 2.44. The van der Waals surface area contributed by atoms with Crippen LogP contribution in [0.2, 0.25) is 0 Å². The van der Waals surface area contributed by atoms with Gasteiger partial charge in [0.25, 0.3) is 0 Å². The SMILES string of the molecule is CCOC(=O)c1c(NC(=O)[C@@H](C)N)sc(C)c1C. The lowest BCUT2D eigenvalue weighted by atomic mass is 10.1. The van der Waals surface area contributed by atoms with E-state index in [-0.39, 0.29) is 5.91 Å². The third kappa shape index (κ3) is 3.08. The molecule has 1 aromatic heterocycles. The summed E-state index contributed by atoms with van der Waals surface area (Å²) in [5, 5.41) is 3.17. The van der Waals surface area contributed by atoms with Crippen molar-refractivity contribution in [1.29, 1.82) is 0 Å². The van der Waals surface area contributed by atoms with Crippen LogP contribution in [0.5, 0.6) is 0 Å². The zero-order valence-electron chi connectivity index (χ0n) is 11.0. The van der Waals surface area contributed by atoms with Crippen molar-refractivity contribution in [2.24, 2.45) is 5.73 Å². The van der Waals surface area contributed by atoms with Crippen molar-refractivity contribution in [1.82, 2.24) is 0 Å². The zero-order chi connectivity index (χ0) is 13.9. The Bertz CT molecular complexity index is 466. The Kier molecular flexibility index (Phi) is 4.86. The first-order valence-electron chi connectivity index (χ1n) is 5.72. The molecule has 18 heavy (non-hydrogen) atoms. The number of carbonyl (C=O) groups is 2. The molecule has 0 bridgehead atoms. The first kappa shape index (κ1) is 14.7. The summed E-state index contributed by atoms with van der Waals surface area (Å²) in [4.78, 5) is 24.4. The Labute approximate surface area is 110 Å². The molecule has 0 aliphatic carbocycles. The summed E-state index contributed by atoms with van der Waals surface area (Å²) in [7, 11) is 0. The van der Waals surface area contributed by atoms with Crippen molar-refractivity contribution >= 4 is 28.2 Å². The number of carbonyl (C=O) groups excluding carboxylic acids is 2. The maximum atomic E-state index is 11.9. The highest BCUT2D eigenvalue weighted by molar-refractivity contribution is 7.16. The highest BCUT2D eigenvalue weighted by atomic mass is 32.1. The molecular weight excluding hydrogens is 252 g/mol. The molecule has 0 aliphatic heterocycles. The lowest BCUT2D eigenvalue weighted by Crippen LogP contribution is -2.32. The molecule has 1 heterocycles. The van der Waals surface area contributed by atoms with Crippen LogP contribution < -0.4 is 11.1 Å². The average molecular weight is 270 g/mol. The monoisotopic (exact) mass is 270 g/mol. The Morgan fingerprint density at radius 3 is 2.56 bits per heavy atom. The van der Waals surface area contributed by atoms with Gasteiger partial charge < -0.3 is 15.8 Å². The van der Waals surface area contributed by atoms with E-state index >= 15 is 0 Å². The molecule has 0 saturated heterocycles. The Hall–Kier alpha value is -1.40. The van der Waals surface area contributed by atoms with Gasteiger partial charge in [0.1, 0.15) is 5.00 Å². The van der Waals surface area contributed by atoms with Crippen LogP contribution in [-0.4, -0.2) is 24.5 Å². The largest absolute Gasteiger partial charge is 0.462 e. The minimum absolute atomic E-state index is 0.299. The van der Waals surface area contributed by atoms with E-state index in [0.29, 0.717) is 17.2 Å². The van der Waals surface area contributed by atoms with Crippen LogP contribution in [0.3, 0.4) is 0 Å². The second kappa shape index (κ2) is 5.97. The van der Waals surface area contributed by atoms with Gasteiger partial charge in [-0.25, -0.2) is 4.79 Å². The molecule has 5 nitrogen and oxygen atoms in total. The molecule has 100 valence electrons. The molecule has 0 aliphatic rings. The fourth-order valence-electron chi connectivity index (χ4n) is 1.39. The highest BCUT2D eigenvalue weighted by Gasteiger charge is 2.22. The number of aryl methyl sites for hydroxylation is 1. The van der Waals surface area contributed by atoms with E-state index in [0.717, 1.165) is 10.4 Å². The van der Waals surface area contributed by atoms with Gasteiger partial charge in [-0.3, -0.25) is 4.79 Å². The third-order valence-electron chi connectivity index (χ3n) is 2.52. The quantitative estimate of drug-likeness (QED) is 0.818. The molecule has 6 heteroatoms. The molecule has 1 amide bonds. The average Bonchev–Trinajstić information content (AvgIpc) is 2.54. The minimum atomic E-state index is -0.622. The number of thiophene rings is 1. The Morgan fingerprint density at radius 1 is 1.44 bits per heavy atom. The predicted molar refractivity (Wildman–Crippen MR) is 72.0 cm³/mol. The maximum absolute atomic E-state index is 11.9. The topological polar surface area (TPSA) is 81.4 Å². The summed E-state index contributed by atoms with van der Waals surface area (Å²) in [6.45, 7) is 7.36. The molecule has 0 saturated carbocycles. The van der Waals surface area contributed by atoms with Crippen molar-refractivity contribution in [2.75, 3.05) is 11.9 Å². The van der Waals surface area contributed by atoms with Gasteiger partial charge in [-0.2, -0.15) is 0 Å². The molecule has 0 unspecified atom stereocenters. The Balaban J connectivity index is 3.08. The number of anilines is 1. The van der Waals surface area contributed by atoms with Gasteiger partial charge in [0.05, 0.1) is 18.2 Å². The first-order valence-corrected chi connectivity index (χ1v) is 6.53. The van der Waals surface area contributed by atoms with Crippen LogP contribution in [0.4, 0.5) is 5.00 Å². The number of rotatable bonds is 4. The number of ether oxygens (including phenoxy) is 1. The van der Waals surface area contributed by atoms with Crippen LogP contribution in [0.1, 0.15) is 34.6 Å². The summed E-state index contributed by atoms with van der Waals surface area (Å²) in [5.74, 6) is -0.735. The lowest BCUT2D eigenvalue weighted by Gasteiger charge is -2.08. The normalized spacial score (nSPS) is 12.1. The molecule has 0 aromatic carbocycles. The summed E-state index contributed by atoms with van der Waals surface area (Å²) >= 11 is 1.35. The molecule has 0 radical (unpaired) electrons. The number of amides is 1. The van der Waals surface area contributed by atoms with Crippen LogP contribution in [-0.2, 0) is 9.53 Å². The molecule has 0 fully saturated rings. The molecule has 1 rings (SSSR count). The van der Waals surface area contributed by atoms with E-state index in [1.54, 1.807) is 13.8 Å². The van der Waals surface area contributed by atoms with Crippen molar-refractivity contribution in [3.8, 4) is 0 Å². The molecule has 1 aromatic rings. The van der Waals surface area contributed by atoms with E-state index in [4.69, 9.17) is 10.5 Å². The van der Waals surface area contributed by atoms with Crippen molar-refractivity contribution in [2.45, 2.75) is 33.7 Å². The number of hydrogen-bond acceptors (Lipinski definition) is 5. The van der Waals surface area contributed by atoms with Crippen LogP contribution in [0.25, 0.3) is 0 Å². The second-order valence-corrected chi connectivity index (χ2v) is 5.21. The van der Waals surface area contributed by atoms with E-state index in [1.807, 2.05) is 13.8 Å². The van der Waals surface area contributed by atoms with Gasteiger partial charge in [0.15, 0.2) is 0 Å². The van der Waals surface area contributed by atoms with Gasteiger partial charge in [-0.1, -0.05) is 0 Å². The van der Waals surface area contributed by atoms with Crippen molar-refractivity contribution in [3.63, 3.8) is 0 Å². The lowest BCUT2D eigenvalue weighted by molar-refractivity contribution is -0.117. The van der Waals surface area contributed by atoms with Gasteiger partial charge >= 0.3 is 5.97 Å². The minimum Gasteiger partial charge on any atom is -0.462 e. The van der Waals surface area contributed by atoms with Crippen molar-refractivity contribution < 1.29 is 14.3 Å². The first-order chi connectivity index (χ1) is 8.38. The number of hydrogen-bond donors (Lipinski definition) is 2. The van der Waals surface area contributed by atoms with Crippen LogP contribution in [0.15, 0.2) is 0 Å². The fraction of sp³-hybridized carbons (Fsp3) is 0.500. The van der Waals surface area contributed by atoms with Crippen molar-refractivity contribution in [3.05, 3.63) is 16.0 Å². The Morgan fingerprint density at radius 2 is 2.06 bits per heavy atom. The van der Waals surface area contributed by atoms with E-state index in [9.17, 15) is 9.59 Å².